The minimum absolute atomic E-state index is 0.152. The van der Waals surface area contributed by atoms with Gasteiger partial charge in [-0.15, -0.1) is 0 Å². The Hall–Kier alpha value is -3.57. The number of halogens is 1. The molecule has 0 fully saturated rings. The van der Waals surface area contributed by atoms with E-state index in [2.05, 4.69) is 16.0 Å². The lowest BCUT2D eigenvalue weighted by atomic mass is 10.0. The van der Waals surface area contributed by atoms with E-state index < -0.39 is 0 Å². The predicted molar refractivity (Wildman–Crippen MR) is 131 cm³/mol. The molecule has 0 unspecified atom stereocenters. The number of carbonyl (C=O) groups is 2. The summed E-state index contributed by atoms with van der Waals surface area (Å²) in [5.74, 6) is -0.540. The molecule has 0 aliphatic carbocycles. The Morgan fingerprint density at radius 1 is 1.03 bits per heavy atom. The van der Waals surface area contributed by atoms with Crippen LogP contribution in [0.3, 0.4) is 0 Å². The summed E-state index contributed by atoms with van der Waals surface area (Å²) in [6.45, 7) is 4.60. The molecular formula is C27H25ClN2O3. The van der Waals surface area contributed by atoms with Crippen LogP contribution in [-0.2, 0) is 11.3 Å². The number of nitrogens with zero attached hydrogens (tertiary/aromatic N) is 1. The predicted octanol–water partition coefficient (Wildman–Crippen LogP) is 5.93. The van der Waals surface area contributed by atoms with Crippen LogP contribution in [-0.4, -0.2) is 23.6 Å². The van der Waals surface area contributed by atoms with E-state index in [-0.39, 0.29) is 17.9 Å². The van der Waals surface area contributed by atoms with Crippen LogP contribution >= 0.6 is 11.6 Å². The quantitative estimate of drug-likeness (QED) is 0.363. The van der Waals surface area contributed by atoms with Crippen LogP contribution in [0.5, 0.6) is 0 Å². The van der Waals surface area contributed by atoms with E-state index in [4.69, 9.17) is 16.3 Å². The van der Waals surface area contributed by atoms with Crippen LogP contribution in [0.1, 0.15) is 50.5 Å². The first kappa shape index (κ1) is 22.6. The molecule has 33 heavy (non-hydrogen) atoms. The lowest BCUT2D eigenvalue weighted by Gasteiger charge is -2.17. The van der Waals surface area contributed by atoms with Crippen molar-refractivity contribution in [1.82, 2.24) is 9.88 Å². The highest BCUT2D eigenvalue weighted by Gasteiger charge is 2.18. The maximum absolute atomic E-state index is 13.3. The van der Waals surface area contributed by atoms with Crippen LogP contribution in [0, 0.1) is 6.92 Å². The zero-order valence-electron chi connectivity index (χ0n) is 18.8. The number of aromatic nitrogens is 1. The third-order valence-electron chi connectivity index (χ3n) is 5.81. The van der Waals surface area contributed by atoms with E-state index in [0.717, 1.165) is 27.7 Å². The molecule has 168 valence electrons. The zero-order chi connectivity index (χ0) is 23.5. The van der Waals surface area contributed by atoms with E-state index in [9.17, 15) is 9.59 Å². The van der Waals surface area contributed by atoms with Gasteiger partial charge in [0, 0.05) is 22.6 Å². The highest BCUT2D eigenvalue weighted by molar-refractivity contribution is 6.30. The SMILES string of the molecule is COC(=O)c1ccc([C@H](C)NC(=O)c2cccc3cc(C)n(Cc4ccc(Cl)cc4)c23)cc1. The van der Waals surface area contributed by atoms with Gasteiger partial charge in [0.15, 0.2) is 0 Å². The summed E-state index contributed by atoms with van der Waals surface area (Å²) in [5, 5.41) is 4.80. The molecule has 1 amide bonds. The zero-order valence-corrected chi connectivity index (χ0v) is 19.5. The molecule has 1 N–H and O–H groups in total. The molecule has 0 aliphatic rings. The average molecular weight is 461 g/mol. The van der Waals surface area contributed by atoms with Crippen molar-refractivity contribution in [2.75, 3.05) is 7.11 Å². The monoisotopic (exact) mass is 460 g/mol. The van der Waals surface area contributed by atoms with E-state index >= 15 is 0 Å². The Labute approximate surface area is 197 Å². The van der Waals surface area contributed by atoms with Crippen molar-refractivity contribution in [1.29, 1.82) is 0 Å². The van der Waals surface area contributed by atoms with Crippen molar-refractivity contribution in [3.05, 3.63) is 106 Å². The first-order valence-corrected chi connectivity index (χ1v) is 11.1. The second-order valence-electron chi connectivity index (χ2n) is 8.05. The molecule has 4 rings (SSSR count). The maximum Gasteiger partial charge on any atom is 0.337 e. The number of fused-ring (bicyclic) bond motifs is 1. The van der Waals surface area contributed by atoms with Crippen molar-refractivity contribution in [2.24, 2.45) is 0 Å². The first-order chi connectivity index (χ1) is 15.9. The van der Waals surface area contributed by atoms with Gasteiger partial charge in [0.2, 0.25) is 0 Å². The molecule has 1 heterocycles. The molecule has 6 heteroatoms. The van der Waals surface area contributed by atoms with E-state index in [1.54, 1.807) is 12.1 Å². The van der Waals surface area contributed by atoms with Gasteiger partial charge in [0.05, 0.1) is 29.8 Å². The van der Waals surface area contributed by atoms with Crippen LogP contribution in [0.25, 0.3) is 10.9 Å². The number of amides is 1. The highest BCUT2D eigenvalue weighted by atomic mass is 35.5. The number of esters is 1. The van der Waals surface area contributed by atoms with Crippen LogP contribution in [0.4, 0.5) is 0 Å². The minimum atomic E-state index is -0.387. The topological polar surface area (TPSA) is 60.3 Å². The number of para-hydroxylation sites is 1. The fraction of sp³-hybridized carbons (Fsp3) is 0.185. The van der Waals surface area contributed by atoms with Crippen molar-refractivity contribution in [3.63, 3.8) is 0 Å². The fourth-order valence-electron chi connectivity index (χ4n) is 4.00. The van der Waals surface area contributed by atoms with Crippen molar-refractivity contribution in [2.45, 2.75) is 26.4 Å². The van der Waals surface area contributed by atoms with Gasteiger partial charge in [-0.1, -0.05) is 48.0 Å². The Balaban J connectivity index is 1.61. The van der Waals surface area contributed by atoms with Gasteiger partial charge < -0.3 is 14.6 Å². The number of benzene rings is 3. The molecular weight excluding hydrogens is 436 g/mol. The fourth-order valence-corrected chi connectivity index (χ4v) is 4.13. The van der Waals surface area contributed by atoms with Crippen molar-refractivity contribution in [3.8, 4) is 0 Å². The molecule has 3 aromatic carbocycles. The summed E-state index contributed by atoms with van der Waals surface area (Å²) >= 11 is 6.03. The van der Waals surface area contributed by atoms with Crippen molar-refractivity contribution >= 4 is 34.4 Å². The molecule has 0 saturated carbocycles. The van der Waals surface area contributed by atoms with Crippen molar-refractivity contribution < 1.29 is 14.3 Å². The summed E-state index contributed by atoms with van der Waals surface area (Å²) in [6, 6.07) is 22.4. The van der Waals surface area contributed by atoms with Gasteiger partial charge in [-0.3, -0.25) is 4.79 Å². The number of rotatable bonds is 6. The number of nitrogens with one attached hydrogen (secondary N) is 1. The molecule has 0 spiro atoms. The normalized spacial score (nSPS) is 11.9. The Morgan fingerprint density at radius 2 is 1.73 bits per heavy atom. The Morgan fingerprint density at radius 3 is 2.39 bits per heavy atom. The highest BCUT2D eigenvalue weighted by Crippen LogP contribution is 2.26. The third kappa shape index (κ3) is 4.78. The number of hydrogen-bond donors (Lipinski definition) is 1. The molecule has 1 aromatic heterocycles. The molecule has 0 radical (unpaired) electrons. The number of carbonyl (C=O) groups excluding carboxylic acids is 2. The minimum Gasteiger partial charge on any atom is -0.465 e. The average Bonchev–Trinajstić information content (AvgIpc) is 3.14. The number of hydrogen-bond acceptors (Lipinski definition) is 3. The van der Waals surface area contributed by atoms with Gasteiger partial charge in [-0.2, -0.15) is 0 Å². The van der Waals surface area contributed by atoms with E-state index in [0.29, 0.717) is 22.7 Å². The number of ether oxygens (including phenoxy) is 1. The molecule has 4 aromatic rings. The summed E-state index contributed by atoms with van der Waals surface area (Å²) in [7, 11) is 1.35. The second-order valence-corrected chi connectivity index (χ2v) is 8.49. The lowest BCUT2D eigenvalue weighted by Crippen LogP contribution is -2.27. The standard InChI is InChI=1S/C27H25ClN2O3/c1-17-15-22-5-4-6-24(25(22)30(17)16-19-7-13-23(28)14-8-19)26(31)29-18(2)20-9-11-21(12-10-20)27(32)33-3/h4-15,18H,16H2,1-3H3,(H,29,31)/t18-/m0/s1. The largest absolute Gasteiger partial charge is 0.465 e. The molecule has 1 atom stereocenters. The number of methoxy groups -OCH3 is 1. The summed E-state index contributed by atoms with van der Waals surface area (Å²) < 4.78 is 6.90. The molecule has 5 nitrogen and oxygen atoms in total. The Bertz CT molecular complexity index is 1310. The second kappa shape index (κ2) is 9.51. The van der Waals surface area contributed by atoms with E-state index in [1.165, 1.54) is 7.11 Å². The molecule has 0 bridgehead atoms. The first-order valence-electron chi connectivity index (χ1n) is 10.7. The smallest absolute Gasteiger partial charge is 0.337 e. The summed E-state index contributed by atoms with van der Waals surface area (Å²) in [6.07, 6.45) is 0. The van der Waals surface area contributed by atoms with E-state index in [1.807, 2.05) is 68.4 Å². The molecule has 0 saturated heterocycles. The molecule has 0 aliphatic heterocycles. The Kier molecular flexibility index (Phi) is 6.52. The summed E-state index contributed by atoms with van der Waals surface area (Å²) in [4.78, 5) is 25.0. The van der Waals surface area contributed by atoms with Gasteiger partial charge in [0.1, 0.15) is 0 Å². The van der Waals surface area contributed by atoms with Gasteiger partial charge in [-0.25, -0.2) is 4.79 Å². The lowest BCUT2D eigenvalue weighted by molar-refractivity contribution is 0.0600. The van der Waals surface area contributed by atoms with Gasteiger partial charge >= 0.3 is 5.97 Å². The van der Waals surface area contributed by atoms with Crippen LogP contribution in [0.2, 0.25) is 5.02 Å². The summed E-state index contributed by atoms with van der Waals surface area (Å²) in [5.41, 5.74) is 5.07. The maximum atomic E-state index is 13.3. The third-order valence-corrected chi connectivity index (χ3v) is 6.06. The van der Waals surface area contributed by atoms with Gasteiger partial charge in [-0.05, 0) is 61.4 Å². The number of aryl methyl sites for hydroxylation is 1. The van der Waals surface area contributed by atoms with Crippen LogP contribution in [0.15, 0.2) is 72.8 Å². The van der Waals surface area contributed by atoms with Crippen LogP contribution < -0.4 is 5.32 Å². The van der Waals surface area contributed by atoms with Gasteiger partial charge in [0.25, 0.3) is 5.91 Å².